The molecule has 0 bridgehead atoms. The molecule has 20 heavy (non-hydrogen) atoms. The predicted molar refractivity (Wildman–Crippen MR) is 78.6 cm³/mol. The minimum Gasteiger partial charge on any atom is -0.370 e. The van der Waals surface area contributed by atoms with Gasteiger partial charge in [-0.1, -0.05) is 0 Å². The summed E-state index contributed by atoms with van der Waals surface area (Å²) in [5, 5.41) is 15.8. The van der Waals surface area contributed by atoms with E-state index >= 15 is 0 Å². The lowest BCUT2D eigenvalue weighted by Gasteiger charge is -2.22. The lowest BCUT2D eigenvalue weighted by Crippen LogP contribution is -2.27. The Morgan fingerprint density at radius 1 is 1.15 bits per heavy atom. The van der Waals surface area contributed by atoms with Crippen molar-refractivity contribution < 1.29 is 0 Å². The van der Waals surface area contributed by atoms with Crippen molar-refractivity contribution in [2.45, 2.75) is 19.9 Å². The predicted octanol–water partition coefficient (Wildman–Crippen LogP) is 1.16. The molecule has 1 aliphatic heterocycles. The van der Waals surface area contributed by atoms with Gasteiger partial charge in [-0.3, -0.25) is 0 Å². The topological polar surface area (TPSA) is 58.9 Å². The molecule has 0 amide bonds. The highest BCUT2D eigenvalue weighted by Crippen LogP contribution is 2.20. The number of nitrogens with zero attached hydrogens (tertiary/aromatic N) is 5. The quantitative estimate of drug-likeness (QED) is 0.908. The number of aromatic nitrogens is 4. The first-order chi connectivity index (χ1) is 9.86. The van der Waals surface area contributed by atoms with E-state index in [9.17, 15) is 0 Å². The van der Waals surface area contributed by atoms with Crippen molar-refractivity contribution in [1.29, 1.82) is 0 Å². The molecule has 106 valence electrons. The van der Waals surface area contributed by atoms with Crippen molar-refractivity contribution in [2.24, 2.45) is 0 Å². The minimum atomic E-state index is 0.691. The van der Waals surface area contributed by atoms with Crippen molar-refractivity contribution >= 4 is 5.69 Å². The zero-order valence-electron chi connectivity index (χ0n) is 11.8. The SMILES string of the molecule is CCn1nnc(-c2ccc(N3CCCNCC3)cc2)n1. The Hall–Kier alpha value is -1.95. The van der Waals surface area contributed by atoms with Crippen LogP contribution >= 0.6 is 0 Å². The number of nitrogens with one attached hydrogen (secondary N) is 1. The molecule has 1 aliphatic rings. The first-order valence-electron chi connectivity index (χ1n) is 7.21. The summed E-state index contributed by atoms with van der Waals surface area (Å²) in [5.41, 5.74) is 2.28. The highest BCUT2D eigenvalue weighted by molar-refractivity contribution is 5.59. The fraction of sp³-hybridized carbons (Fsp3) is 0.500. The molecule has 1 aromatic heterocycles. The summed E-state index contributed by atoms with van der Waals surface area (Å²) in [6.45, 7) is 7.07. The Labute approximate surface area is 118 Å². The molecule has 2 heterocycles. The maximum Gasteiger partial charge on any atom is 0.204 e. The molecule has 2 aromatic rings. The van der Waals surface area contributed by atoms with Crippen LogP contribution in [-0.4, -0.2) is 46.4 Å². The molecule has 3 rings (SSSR count). The third kappa shape index (κ3) is 2.80. The van der Waals surface area contributed by atoms with Crippen LogP contribution < -0.4 is 10.2 Å². The molecule has 0 unspecified atom stereocenters. The van der Waals surface area contributed by atoms with E-state index in [1.165, 1.54) is 12.1 Å². The van der Waals surface area contributed by atoms with Gasteiger partial charge in [-0.25, -0.2) is 0 Å². The normalized spacial score (nSPS) is 16.1. The van der Waals surface area contributed by atoms with Crippen molar-refractivity contribution in [2.75, 3.05) is 31.1 Å². The average Bonchev–Trinajstić information content (AvgIpc) is 2.82. The molecule has 6 nitrogen and oxygen atoms in total. The number of aryl methyl sites for hydroxylation is 1. The molecular formula is C14H20N6. The molecule has 1 N–H and O–H groups in total. The van der Waals surface area contributed by atoms with Gasteiger partial charge in [0.05, 0.1) is 6.54 Å². The van der Waals surface area contributed by atoms with E-state index in [1.807, 2.05) is 6.92 Å². The standard InChI is InChI=1S/C14H20N6/c1-2-20-17-14(16-18-20)12-4-6-13(7-5-12)19-10-3-8-15-9-11-19/h4-7,15H,2-3,8-11H2,1H3. The van der Waals surface area contributed by atoms with Crippen molar-refractivity contribution in [3.05, 3.63) is 24.3 Å². The summed E-state index contributed by atoms with van der Waals surface area (Å²) in [7, 11) is 0. The summed E-state index contributed by atoms with van der Waals surface area (Å²) >= 11 is 0. The maximum absolute atomic E-state index is 4.33. The monoisotopic (exact) mass is 272 g/mol. The van der Waals surface area contributed by atoms with Gasteiger partial charge < -0.3 is 10.2 Å². The molecule has 0 aliphatic carbocycles. The smallest absolute Gasteiger partial charge is 0.204 e. The van der Waals surface area contributed by atoms with E-state index in [-0.39, 0.29) is 0 Å². The minimum absolute atomic E-state index is 0.691. The molecule has 0 radical (unpaired) electrons. The van der Waals surface area contributed by atoms with Crippen LogP contribution in [0, 0.1) is 0 Å². The van der Waals surface area contributed by atoms with Crippen LogP contribution in [0.5, 0.6) is 0 Å². The number of benzene rings is 1. The van der Waals surface area contributed by atoms with Crippen molar-refractivity contribution in [3.8, 4) is 11.4 Å². The van der Waals surface area contributed by atoms with Crippen LogP contribution in [0.15, 0.2) is 24.3 Å². The molecule has 6 heteroatoms. The van der Waals surface area contributed by atoms with Gasteiger partial charge in [0.25, 0.3) is 0 Å². The molecular weight excluding hydrogens is 252 g/mol. The fourth-order valence-electron chi connectivity index (χ4n) is 2.42. The summed E-state index contributed by atoms with van der Waals surface area (Å²) in [6, 6.07) is 8.44. The summed E-state index contributed by atoms with van der Waals surface area (Å²) in [4.78, 5) is 4.02. The van der Waals surface area contributed by atoms with Crippen LogP contribution in [0.25, 0.3) is 11.4 Å². The third-order valence-electron chi connectivity index (χ3n) is 3.57. The molecule has 1 aromatic carbocycles. The van der Waals surface area contributed by atoms with Crippen LogP contribution in [0.4, 0.5) is 5.69 Å². The third-order valence-corrected chi connectivity index (χ3v) is 3.57. The van der Waals surface area contributed by atoms with Crippen LogP contribution in [0.2, 0.25) is 0 Å². The zero-order valence-corrected chi connectivity index (χ0v) is 11.8. The summed E-state index contributed by atoms with van der Waals surface area (Å²) in [6.07, 6.45) is 1.19. The van der Waals surface area contributed by atoms with Gasteiger partial charge in [-0.2, -0.15) is 4.80 Å². The number of tetrazole rings is 1. The van der Waals surface area contributed by atoms with E-state index in [0.717, 1.165) is 38.3 Å². The Bertz CT molecular complexity index is 539. The number of hydrogen-bond acceptors (Lipinski definition) is 5. The Balaban J connectivity index is 1.76. The lowest BCUT2D eigenvalue weighted by molar-refractivity contribution is 0.553. The number of hydrogen-bond donors (Lipinski definition) is 1. The second-order valence-corrected chi connectivity index (χ2v) is 4.94. The molecule has 0 saturated carbocycles. The summed E-state index contributed by atoms with van der Waals surface area (Å²) in [5.74, 6) is 0.691. The largest absolute Gasteiger partial charge is 0.370 e. The van der Waals surface area contributed by atoms with E-state index in [0.29, 0.717) is 5.82 Å². The maximum atomic E-state index is 4.33. The molecule has 0 spiro atoms. The first kappa shape index (κ1) is 13.1. The van der Waals surface area contributed by atoms with Gasteiger partial charge in [0.15, 0.2) is 0 Å². The zero-order chi connectivity index (χ0) is 13.8. The fourth-order valence-corrected chi connectivity index (χ4v) is 2.42. The van der Waals surface area contributed by atoms with Gasteiger partial charge in [0, 0.05) is 30.9 Å². The molecule has 1 fully saturated rings. The lowest BCUT2D eigenvalue weighted by atomic mass is 10.2. The van der Waals surface area contributed by atoms with E-state index < -0.39 is 0 Å². The molecule has 0 atom stereocenters. The van der Waals surface area contributed by atoms with Crippen molar-refractivity contribution in [1.82, 2.24) is 25.5 Å². The molecule has 1 saturated heterocycles. The van der Waals surface area contributed by atoms with Crippen LogP contribution in [-0.2, 0) is 6.54 Å². The number of rotatable bonds is 3. The van der Waals surface area contributed by atoms with E-state index in [4.69, 9.17) is 0 Å². The Morgan fingerprint density at radius 3 is 2.75 bits per heavy atom. The highest BCUT2D eigenvalue weighted by atomic mass is 15.6. The number of anilines is 1. The first-order valence-corrected chi connectivity index (χ1v) is 7.21. The van der Waals surface area contributed by atoms with Gasteiger partial charge in [0.1, 0.15) is 0 Å². The second kappa shape index (κ2) is 6.00. The Kier molecular flexibility index (Phi) is 3.92. The van der Waals surface area contributed by atoms with Crippen LogP contribution in [0.1, 0.15) is 13.3 Å². The van der Waals surface area contributed by atoms with Crippen LogP contribution in [0.3, 0.4) is 0 Å². The van der Waals surface area contributed by atoms with E-state index in [2.05, 4.69) is 49.9 Å². The van der Waals surface area contributed by atoms with Gasteiger partial charge in [-0.05, 0) is 49.4 Å². The summed E-state index contributed by atoms with van der Waals surface area (Å²) < 4.78 is 0. The average molecular weight is 272 g/mol. The van der Waals surface area contributed by atoms with Gasteiger partial charge in [0.2, 0.25) is 5.82 Å². The van der Waals surface area contributed by atoms with Gasteiger partial charge in [-0.15, -0.1) is 10.2 Å². The second-order valence-electron chi connectivity index (χ2n) is 4.94. The van der Waals surface area contributed by atoms with Crippen molar-refractivity contribution in [3.63, 3.8) is 0 Å². The van der Waals surface area contributed by atoms with Gasteiger partial charge >= 0.3 is 0 Å². The van der Waals surface area contributed by atoms with E-state index in [1.54, 1.807) is 4.80 Å². The highest BCUT2D eigenvalue weighted by Gasteiger charge is 2.10. The Morgan fingerprint density at radius 2 is 2.00 bits per heavy atom.